The molecule has 0 aliphatic heterocycles. The van der Waals surface area contributed by atoms with Gasteiger partial charge in [0.15, 0.2) is 6.29 Å². The molecule has 0 aromatic rings. The molecule has 0 rings (SSSR count). The van der Waals surface area contributed by atoms with Crippen molar-refractivity contribution in [3.8, 4) is 0 Å². The van der Waals surface area contributed by atoms with Crippen LogP contribution in [-0.2, 0) is 4.79 Å². The highest BCUT2D eigenvalue weighted by Crippen LogP contribution is 2.17. The van der Waals surface area contributed by atoms with Crippen LogP contribution in [0.4, 0.5) is 4.79 Å². The number of rotatable bonds is 4. The quantitative estimate of drug-likeness (QED) is 0.336. The van der Waals surface area contributed by atoms with Crippen molar-refractivity contribution in [2.45, 2.75) is 0 Å². The van der Waals surface area contributed by atoms with E-state index in [2.05, 4.69) is 24.5 Å². The van der Waals surface area contributed by atoms with Crippen molar-refractivity contribution in [1.82, 2.24) is 5.32 Å². The molecule has 0 bridgehead atoms. The van der Waals surface area contributed by atoms with Crippen LogP contribution in [-0.4, -0.2) is 18.6 Å². The fraction of sp³-hybridized carbons (Fsp3) is 0.111. The lowest BCUT2D eigenvalue weighted by Gasteiger charge is -1.97. The molecule has 76 valence electrons. The van der Waals surface area contributed by atoms with E-state index in [9.17, 15) is 9.59 Å². The number of hydrogen-bond acceptors (Lipinski definition) is 4. The predicted molar refractivity (Wildman–Crippen MR) is 63.5 cm³/mol. The van der Waals surface area contributed by atoms with E-state index in [1.165, 1.54) is 13.1 Å². The van der Waals surface area contributed by atoms with Gasteiger partial charge >= 0.3 is 0 Å². The molecule has 1 amide bonds. The van der Waals surface area contributed by atoms with Crippen molar-refractivity contribution in [1.29, 1.82) is 0 Å². The lowest BCUT2D eigenvalue weighted by Crippen LogP contribution is -2.11. The van der Waals surface area contributed by atoms with E-state index in [0.717, 1.165) is 11.8 Å². The van der Waals surface area contributed by atoms with Crippen LogP contribution < -0.4 is 5.32 Å². The predicted octanol–water partition coefficient (Wildman–Crippen LogP) is 2.14. The Morgan fingerprint density at radius 2 is 2.21 bits per heavy atom. The first-order valence-corrected chi connectivity index (χ1v) is 4.98. The van der Waals surface area contributed by atoms with E-state index in [1.807, 2.05) is 0 Å². The number of thioether (sulfide) groups is 1. The van der Waals surface area contributed by atoms with Crippen molar-refractivity contribution in [3.63, 3.8) is 0 Å². The van der Waals surface area contributed by atoms with Gasteiger partial charge in [0.05, 0.1) is 4.91 Å². The van der Waals surface area contributed by atoms with E-state index in [4.69, 9.17) is 0 Å². The average molecular weight is 229 g/mol. The van der Waals surface area contributed by atoms with Crippen LogP contribution in [0.2, 0.25) is 0 Å². The summed E-state index contributed by atoms with van der Waals surface area (Å²) in [5.41, 5.74) is 0. The summed E-state index contributed by atoms with van der Waals surface area (Å²) >= 11 is 4.88. The Hall–Kier alpha value is -0.940. The van der Waals surface area contributed by atoms with E-state index in [-0.39, 0.29) is 5.24 Å². The van der Waals surface area contributed by atoms with Gasteiger partial charge in [-0.3, -0.25) is 9.59 Å². The summed E-state index contributed by atoms with van der Waals surface area (Å²) in [6.45, 7) is 3.48. The summed E-state index contributed by atoms with van der Waals surface area (Å²) in [6, 6.07) is 0. The highest BCUT2D eigenvalue weighted by molar-refractivity contribution is 8.17. The Kier molecular flexibility index (Phi) is 6.96. The number of amides is 1. The number of nitrogens with one attached hydrogen (secondary N) is 1. The first kappa shape index (κ1) is 13.1. The molecular weight excluding hydrogens is 218 g/mol. The molecule has 3 nitrogen and oxygen atoms in total. The smallest absolute Gasteiger partial charge is 0.283 e. The van der Waals surface area contributed by atoms with Gasteiger partial charge in [0.1, 0.15) is 0 Å². The van der Waals surface area contributed by atoms with Crippen LogP contribution in [0.3, 0.4) is 0 Å². The van der Waals surface area contributed by atoms with Gasteiger partial charge in [-0.15, -0.1) is 12.6 Å². The second kappa shape index (κ2) is 7.46. The lowest BCUT2D eigenvalue weighted by molar-refractivity contribution is -0.104. The highest BCUT2D eigenvalue weighted by Gasteiger charge is 2.03. The minimum atomic E-state index is -0.289. The first-order chi connectivity index (χ1) is 6.63. The van der Waals surface area contributed by atoms with E-state index in [1.54, 1.807) is 12.2 Å². The van der Waals surface area contributed by atoms with Gasteiger partial charge < -0.3 is 5.32 Å². The Bertz CT molecular complexity index is 295. The Morgan fingerprint density at radius 1 is 1.57 bits per heavy atom. The van der Waals surface area contributed by atoms with Crippen LogP contribution in [0.1, 0.15) is 0 Å². The number of hydrogen-bond donors (Lipinski definition) is 2. The summed E-state index contributed by atoms with van der Waals surface area (Å²) in [7, 11) is 1.50. The molecule has 14 heavy (non-hydrogen) atoms. The highest BCUT2D eigenvalue weighted by atomic mass is 32.2. The third kappa shape index (κ3) is 5.66. The first-order valence-electron chi connectivity index (χ1n) is 3.72. The van der Waals surface area contributed by atoms with Crippen molar-refractivity contribution < 1.29 is 9.59 Å². The normalized spacial score (nSPS) is 12.1. The summed E-state index contributed by atoms with van der Waals surface area (Å²) in [5.74, 6) is 0. The van der Waals surface area contributed by atoms with Gasteiger partial charge in [-0.2, -0.15) is 0 Å². The molecule has 0 saturated heterocycles. The monoisotopic (exact) mass is 229 g/mol. The largest absolute Gasteiger partial charge is 0.350 e. The molecule has 0 aromatic carbocycles. The van der Waals surface area contributed by atoms with Crippen molar-refractivity contribution in [2.75, 3.05) is 7.05 Å². The number of allylic oxidation sites excluding steroid dienone is 4. The van der Waals surface area contributed by atoms with Crippen LogP contribution in [0.15, 0.2) is 34.6 Å². The molecule has 0 spiro atoms. The molecule has 0 aliphatic rings. The minimum Gasteiger partial charge on any atom is -0.350 e. The molecule has 0 saturated carbocycles. The van der Waals surface area contributed by atoms with Crippen LogP contribution in [0.5, 0.6) is 0 Å². The summed E-state index contributed by atoms with van der Waals surface area (Å²) in [5, 5.41) is 2.11. The standard InChI is InChI=1S/C9H11NO2S2/c1-3-4-7(13)5-8(6-11)14-9(12)10-2/h3-6,13H,1H2,2H3,(H,10,12)/b7-4-,8-5-. The van der Waals surface area contributed by atoms with Crippen molar-refractivity contribution in [3.05, 3.63) is 34.6 Å². The summed E-state index contributed by atoms with van der Waals surface area (Å²) in [6.07, 6.45) is 5.27. The Morgan fingerprint density at radius 3 is 2.64 bits per heavy atom. The van der Waals surface area contributed by atoms with Gasteiger partial charge in [0.25, 0.3) is 5.24 Å². The third-order valence-electron chi connectivity index (χ3n) is 1.11. The van der Waals surface area contributed by atoms with Gasteiger partial charge in [-0.05, 0) is 23.9 Å². The van der Waals surface area contributed by atoms with Crippen molar-refractivity contribution in [2.24, 2.45) is 0 Å². The number of carbonyl (C=O) groups excluding carboxylic acids is 2. The number of aldehydes is 1. The van der Waals surface area contributed by atoms with E-state index < -0.39 is 0 Å². The zero-order valence-electron chi connectivity index (χ0n) is 7.69. The average Bonchev–Trinajstić information content (AvgIpc) is 2.16. The van der Waals surface area contributed by atoms with Crippen LogP contribution >= 0.6 is 24.4 Å². The fourth-order valence-corrected chi connectivity index (χ4v) is 1.44. The SMILES string of the molecule is C=C/C=C(S)/C=C(/C=O)SC(=O)NC. The van der Waals surface area contributed by atoms with Crippen molar-refractivity contribution >= 4 is 35.9 Å². The lowest BCUT2D eigenvalue weighted by atomic mass is 10.4. The van der Waals surface area contributed by atoms with Gasteiger partial charge in [-0.25, -0.2) is 0 Å². The fourth-order valence-electron chi connectivity index (χ4n) is 0.560. The topological polar surface area (TPSA) is 46.2 Å². The molecule has 5 heteroatoms. The van der Waals surface area contributed by atoms with Gasteiger partial charge in [-0.1, -0.05) is 12.7 Å². The van der Waals surface area contributed by atoms with Crippen LogP contribution in [0, 0.1) is 0 Å². The maximum atomic E-state index is 10.9. The second-order valence-electron chi connectivity index (χ2n) is 2.13. The molecule has 0 radical (unpaired) electrons. The molecule has 1 N–H and O–H groups in total. The summed E-state index contributed by atoms with van der Waals surface area (Å²) in [4.78, 5) is 22.3. The molecule has 0 unspecified atom stereocenters. The van der Waals surface area contributed by atoms with Gasteiger partial charge in [0, 0.05) is 12.0 Å². The zero-order chi connectivity index (χ0) is 11.0. The van der Waals surface area contributed by atoms with Crippen LogP contribution in [0.25, 0.3) is 0 Å². The molecular formula is C9H11NO2S2. The molecule has 0 fully saturated rings. The third-order valence-corrected chi connectivity index (χ3v) is 2.23. The molecule has 0 aromatic heterocycles. The van der Waals surface area contributed by atoms with E-state index in [0.29, 0.717) is 16.1 Å². The Labute approximate surface area is 92.7 Å². The molecule has 0 atom stereocenters. The molecule has 0 aliphatic carbocycles. The molecule has 0 heterocycles. The Balaban J connectivity index is 4.55. The zero-order valence-corrected chi connectivity index (χ0v) is 9.40. The van der Waals surface area contributed by atoms with Gasteiger partial charge in [0.2, 0.25) is 0 Å². The number of thiol groups is 1. The maximum Gasteiger partial charge on any atom is 0.283 e. The maximum absolute atomic E-state index is 10.9. The second-order valence-corrected chi connectivity index (χ2v) is 3.69. The summed E-state index contributed by atoms with van der Waals surface area (Å²) < 4.78 is 0. The number of carbonyl (C=O) groups is 2. The van der Waals surface area contributed by atoms with E-state index >= 15 is 0 Å². The minimum absolute atomic E-state index is 0.289.